The molecule has 752 valence electrons. The van der Waals surface area contributed by atoms with Gasteiger partial charge in [0.05, 0.1) is 150 Å². The molecule has 15 N–H and O–H groups in total. The van der Waals surface area contributed by atoms with Gasteiger partial charge in [-0.25, -0.2) is 48.3 Å². The van der Waals surface area contributed by atoms with Crippen LogP contribution in [-0.4, -0.2) is 258 Å². The standard InChI is InChI=1S/2C20H22N8O2.C19H21FN6O3.C18H22N8O2.C18H21N7O3/c1-11-9-30-10-12-4-13-8-27(3)26-18(13)15(5-12)24-16-6-17(21-2)28-19(25-16)14(7-22-28)20(29)23-11;1-11-9-30-10-12-4-13-8-27(3)26-18(13)14(5-12)24-17-6-15(21-2)19-22-7-16(20(29)23-11)28(19)25-17;1-10-8-29-9-11-4-14(15(28-3)5-13(11)20)24-16-6-17(21-2)26-18(25-16)12(7-22-26)19(27)23-10;1-10-5-6-28-16-8-12(11(2)25(4)24-16)22-15-7-13(19-3)17-20-9-14(18(27)21-10)26(17)23-15;1-10-8-28-9-11-4-5-13(27-3)16(22-11)23-14-6-15(19-2)25-17(24-14)12(7-20-25)18(26)21-10/h2*4-8,11,21H,9-10H2,1-3H3,(H,23,29)(H,24,25);4-7,10,21H,8-9H2,1-3H3,(H,23,27)(H,24,25);7-10,19,24H,2,5-6H2,1,3-4H3,(H,21,27);4-7,10,19H,8-9H2,1-3H3,(H,21,26)(H,22,23,24)/t2*11-;3*10-/m11111/s1. The third-order valence-electron chi connectivity index (χ3n) is 23.6. The van der Waals surface area contributed by atoms with Crippen molar-refractivity contribution in [2.24, 2.45) is 19.1 Å². The Labute approximate surface area is 826 Å². The summed E-state index contributed by atoms with van der Waals surface area (Å²) in [6, 6.07) is 22.9. The number of fused-ring (bicyclic) bond motifs is 18. The van der Waals surface area contributed by atoms with E-state index in [4.69, 9.17) is 33.2 Å². The van der Waals surface area contributed by atoms with Crippen LogP contribution < -0.4 is 89.3 Å². The van der Waals surface area contributed by atoms with E-state index in [9.17, 15) is 28.4 Å². The number of hydrazine groups is 1. The monoisotopic (exact) mass is 1980 g/mol. The molecule has 0 spiro atoms. The van der Waals surface area contributed by atoms with Gasteiger partial charge in [0.15, 0.2) is 62.8 Å². The number of hydrogen-bond acceptors (Lipinski definition) is 37. The lowest BCUT2D eigenvalue weighted by Crippen LogP contribution is -2.40. The number of pyridine rings is 1. The second-order valence-electron chi connectivity index (χ2n) is 34.8. The molecule has 0 unspecified atom stereocenters. The average molecular weight is 1980 g/mol. The molecule has 49 nitrogen and oxygen atoms in total. The molecule has 6 aliphatic heterocycles. The van der Waals surface area contributed by atoms with E-state index in [0.717, 1.165) is 55.7 Å². The number of hydrogen-bond donors (Lipinski definition) is 15. The fraction of sp³-hybridized carbons (Fsp3) is 0.316. The van der Waals surface area contributed by atoms with E-state index < -0.39 is 5.82 Å². The number of halogens is 1. The maximum atomic E-state index is 14.4. The zero-order valence-corrected chi connectivity index (χ0v) is 81.9. The zero-order valence-electron chi connectivity index (χ0n) is 81.9. The van der Waals surface area contributed by atoms with Crippen LogP contribution in [0, 0.1) is 5.82 Å². The summed E-state index contributed by atoms with van der Waals surface area (Å²) in [7, 11) is 17.6. The number of imidazole rings is 2. The number of anilines is 13. The Balaban J connectivity index is 0.000000119. The summed E-state index contributed by atoms with van der Waals surface area (Å²) in [5.74, 6) is 4.71. The van der Waals surface area contributed by atoms with Crippen LogP contribution in [0.25, 0.3) is 50.0 Å². The third-order valence-corrected chi connectivity index (χ3v) is 23.6. The molecule has 0 saturated heterocycles. The summed E-state index contributed by atoms with van der Waals surface area (Å²) in [6.45, 7) is 16.5. The zero-order chi connectivity index (χ0) is 102. The van der Waals surface area contributed by atoms with E-state index >= 15 is 0 Å². The van der Waals surface area contributed by atoms with Crippen molar-refractivity contribution < 1.29 is 61.5 Å². The summed E-state index contributed by atoms with van der Waals surface area (Å²) in [4.78, 5) is 95.5. The van der Waals surface area contributed by atoms with Crippen LogP contribution in [0.1, 0.15) is 115 Å². The Kier molecular flexibility index (Phi) is 28.3. The van der Waals surface area contributed by atoms with Crippen molar-refractivity contribution in [2.75, 3.05) is 137 Å². The molecule has 0 saturated carbocycles. The van der Waals surface area contributed by atoms with Crippen molar-refractivity contribution in [1.82, 2.24) is 135 Å². The Morgan fingerprint density at radius 2 is 0.917 bits per heavy atom. The number of allylic oxidation sites excluding steroid dienone is 1. The van der Waals surface area contributed by atoms with E-state index in [-0.39, 0.29) is 73.0 Å². The molecule has 19 heterocycles. The summed E-state index contributed by atoms with van der Waals surface area (Å²) in [5, 5.41) is 78.1. The first-order chi connectivity index (χ1) is 70.1. The minimum absolute atomic E-state index is 0.0536. The van der Waals surface area contributed by atoms with E-state index in [1.165, 1.54) is 48.7 Å². The van der Waals surface area contributed by atoms with Gasteiger partial charge in [0.25, 0.3) is 29.5 Å². The number of aliphatic imine (C=N–C) groups is 1. The molecule has 3 aromatic carbocycles. The number of nitrogens with zero attached hydrogens (tertiary/aromatic N) is 22. The molecule has 5 atom stereocenters. The molecule has 6 aliphatic rings. The molecule has 5 amide bonds. The number of carbonyl (C=O) groups excluding carboxylic acids is 5. The lowest BCUT2D eigenvalue weighted by atomic mass is 10.1. The maximum absolute atomic E-state index is 14.4. The molecule has 0 fully saturated rings. The average Bonchev–Trinajstić information content (AvgIpc) is 1.65. The summed E-state index contributed by atoms with van der Waals surface area (Å²) >= 11 is 0. The predicted octanol–water partition coefficient (Wildman–Crippen LogP) is 9.16. The van der Waals surface area contributed by atoms with Crippen LogP contribution in [0.5, 0.6) is 11.5 Å². The number of benzene rings is 3. The summed E-state index contributed by atoms with van der Waals surface area (Å²) in [6.07, 6.45) is 13.9. The minimum atomic E-state index is -0.436. The number of rotatable bonds is 7. The van der Waals surface area contributed by atoms with Gasteiger partial charge in [-0.1, -0.05) is 6.58 Å². The number of aromatic nitrogens is 20. The minimum Gasteiger partial charge on any atom is -0.494 e. The van der Waals surface area contributed by atoms with Gasteiger partial charge in [0.2, 0.25) is 5.88 Å². The van der Waals surface area contributed by atoms with Crippen LogP contribution in [0.2, 0.25) is 0 Å². The van der Waals surface area contributed by atoms with Crippen LogP contribution >= 0.6 is 0 Å². The van der Waals surface area contributed by atoms with Crippen molar-refractivity contribution in [3.8, 4) is 11.5 Å². The smallest absolute Gasteiger partial charge is 0.271 e. The summed E-state index contributed by atoms with van der Waals surface area (Å²) in [5.41, 5.74) is 17.0. The number of amides is 5. The highest BCUT2D eigenvalue weighted by molar-refractivity contribution is 6.10. The molecule has 0 radical (unpaired) electrons. The van der Waals surface area contributed by atoms with E-state index in [1.807, 2.05) is 112 Å². The first-order valence-corrected chi connectivity index (χ1v) is 46.3. The SMILES string of the molecule is C=C1C2=Nc3cc(NC)c4ncc(n4n3)C(=O)N[C@H](C)CCOC(=C2)NN1C.CNc1cc2nc3c(cnn13)C(=O)N[C@H](C)COCc1cc(c(OC)cc1F)N2.CNc1cc2nc3c(cnn13)C(=O)N[C@H](C)COCc1cc(c3nn(C)cc3c1)N2.CNc1cc2nc3c(cnn13)C(=O)N[C@H](C)COCc1ccc(OC)c(n1)N2.CNc1cc2nn3c(cnc13)C(=O)N[C@H](C)COCc1cc(c3nn(C)cc3c1)N2. The van der Waals surface area contributed by atoms with Gasteiger partial charge in [0.1, 0.15) is 74.2 Å². The van der Waals surface area contributed by atoms with Gasteiger partial charge in [-0.2, -0.15) is 39.0 Å². The van der Waals surface area contributed by atoms with E-state index in [0.29, 0.717) is 207 Å². The molecule has 50 heteroatoms. The number of ether oxygens (including phenoxy) is 7. The van der Waals surface area contributed by atoms with Crippen molar-refractivity contribution in [3.05, 3.63) is 203 Å². The van der Waals surface area contributed by atoms with Crippen molar-refractivity contribution in [2.45, 2.75) is 97.7 Å². The van der Waals surface area contributed by atoms with E-state index in [1.54, 1.807) is 98.1 Å². The molecular weight excluding hydrogens is 1870 g/mol. The number of nitrogens with one attached hydrogen (secondary N) is 15. The van der Waals surface area contributed by atoms with Crippen LogP contribution in [0.15, 0.2) is 151 Å². The van der Waals surface area contributed by atoms with Gasteiger partial charge in [-0.3, -0.25) is 43.8 Å². The topological polar surface area (TPSA) is 545 Å². The second-order valence-corrected chi connectivity index (χ2v) is 34.8. The fourth-order valence-electron chi connectivity index (χ4n) is 16.6. The summed E-state index contributed by atoms with van der Waals surface area (Å²) < 4.78 is 65.3. The number of aryl methyl sites for hydroxylation is 2. The Morgan fingerprint density at radius 3 is 1.42 bits per heavy atom. The van der Waals surface area contributed by atoms with Crippen LogP contribution in [0.4, 0.5) is 85.2 Å². The highest BCUT2D eigenvalue weighted by Gasteiger charge is 2.30. The quantitative estimate of drug-likeness (QED) is 0.0706. The number of methoxy groups -OCH3 is 2. The molecule has 13 aromatic heterocycles. The van der Waals surface area contributed by atoms with Crippen molar-refractivity contribution in [1.29, 1.82) is 0 Å². The van der Waals surface area contributed by atoms with Gasteiger partial charge in [-0.15, -0.1) is 10.2 Å². The van der Waals surface area contributed by atoms with Crippen molar-refractivity contribution >= 4 is 166 Å². The highest BCUT2D eigenvalue weighted by Crippen LogP contribution is 2.37. The molecule has 0 aliphatic carbocycles. The Hall–Kier alpha value is -17.7. The maximum Gasteiger partial charge on any atom is 0.271 e. The van der Waals surface area contributed by atoms with Gasteiger partial charge in [-0.05, 0) is 88.2 Å². The molecule has 20 bridgehead atoms. The Morgan fingerprint density at radius 1 is 0.455 bits per heavy atom. The first-order valence-electron chi connectivity index (χ1n) is 46.3. The second kappa shape index (κ2) is 42.0. The lowest BCUT2D eigenvalue weighted by molar-refractivity contribution is 0.0810. The lowest BCUT2D eigenvalue weighted by Gasteiger charge is -2.29. The van der Waals surface area contributed by atoms with Crippen LogP contribution in [-0.2, 0) is 64.2 Å². The number of carbonyl (C=O) groups is 5. The molecule has 22 rings (SSSR count). The fourth-order valence-corrected chi connectivity index (χ4v) is 16.6. The normalized spacial score (nSPS) is 17.5. The van der Waals surface area contributed by atoms with Crippen LogP contribution in [0.3, 0.4) is 0 Å². The van der Waals surface area contributed by atoms with Crippen molar-refractivity contribution in [3.63, 3.8) is 0 Å². The molecule has 145 heavy (non-hydrogen) atoms. The third kappa shape index (κ3) is 21.1. The van der Waals surface area contributed by atoms with Gasteiger partial charge in [0, 0.05) is 164 Å². The van der Waals surface area contributed by atoms with Gasteiger partial charge >= 0.3 is 0 Å². The van der Waals surface area contributed by atoms with E-state index in [2.05, 4.69) is 169 Å². The van der Waals surface area contributed by atoms with Gasteiger partial charge < -0.3 is 108 Å². The molecular formula is C95H108FN37O12. The highest BCUT2D eigenvalue weighted by atomic mass is 19.1. The Bertz CT molecular complexity index is 7570. The molecule has 16 aromatic rings. The first kappa shape index (κ1) is 97.5. The predicted molar refractivity (Wildman–Crippen MR) is 540 cm³/mol. The largest absolute Gasteiger partial charge is 0.494 e.